The third kappa shape index (κ3) is 2.36. The molecular formula is C11H11NOS2. The molecule has 15 heavy (non-hydrogen) atoms. The lowest BCUT2D eigenvalue weighted by atomic mass is 10.2. The van der Waals surface area contributed by atoms with Crippen LogP contribution in [0.15, 0.2) is 6.07 Å². The van der Waals surface area contributed by atoms with Crippen LogP contribution in [0.3, 0.4) is 0 Å². The van der Waals surface area contributed by atoms with Gasteiger partial charge in [0.1, 0.15) is 0 Å². The van der Waals surface area contributed by atoms with Gasteiger partial charge < -0.3 is 5.32 Å². The lowest BCUT2D eigenvalue weighted by Crippen LogP contribution is -2.22. The van der Waals surface area contributed by atoms with Crippen molar-refractivity contribution in [2.75, 3.05) is 12.3 Å². The number of carbonyl (C=O) groups is 1. The van der Waals surface area contributed by atoms with E-state index in [4.69, 9.17) is 6.42 Å². The SMILES string of the molecule is C#CCNC(=O)c1cc2c(s1)CCSC2. The van der Waals surface area contributed by atoms with Crippen LogP contribution in [0.2, 0.25) is 0 Å². The van der Waals surface area contributed by atoms with Gasteiger partial charge in [-0.3, -0.25) is 4.79 Å². The molecule has 0 saturated carbocycles. The number of terminal acetylenes is 1. The minimum absolute atomic E-state index is 0.0441. The summed E-state index contributed by atoms with van der Waals surface area (Å²) in [6, 6.07) is 2.00. The molecule has 2 rings (SSSR count). The highest BCUT2D eigenvalue weighted by atomic mass is 32.2. The first-order valence-corrected chi connectivity index (χ1v) is 6.69. The Hall–Kier alpha value is -0.920. The normalized spacial score (nSPS) is 14.1. The summed E-state index contributed by atoms with van der Waals surface area (Å²) in [6.45, 7) is 0.302. The molecule has 0 saturated heterocycles. The molecule has 1 amide bonds. The zero-order chi connectivity index (χ0) is 10.7. The van der Waals surface area contributed by atoms with E-state index in [0.717, 1.165) is 17.1 Å². The number of rotatable bonds is 2. The number of hydrogen-bond acceptors (Lipinski definition) is 3. The zero-order valence-corrected chi connectivity index (χ0v) is 9.84. The molecule has 0 unspecified atom stereocenters. The summed E-state index contributed by atoms with van der Waals surface area (Å²) in [5, 5.41) is 2.69. The number of aryl methyl sites for hydroxylation is 1. The molecule has 0 bridgehead atoms. The van der Waals surface area contributed by atoms with Gasteiger partial charge in [-0.2, -0.15) is 11.8 Å². The summed E-state index contributed by atoms with van der Waals surface area (Å²) < 4.78 is 0. The summed E-state index contributed by atoms with van der Waals surface area (Å²) in [6.07, 6.45) is 6.18. The number of carbonyl (C=O) groups excluding carboxylic acids is 1. The average molecular weight is 237 g/mol. The van der Waals surface area contributed by atoms with Crippen LogP contribution in [0.4, 0.5) is 0 Å². The maximum absolute atomic E-state index is 11.6. The summed E-state index contributed by atoms with van der Waals surface area (Å²) in [7, 11) is 0. The number of thiophene rings is 1. The first kappa shape index (κ1) is 10.6. The quantitative estimate of drug-likeness (QED) is 0.796. The first-order chi connectivity index (χ1) is 7.31. The number of amides is 1. The lowest BCUT2D eigenvalue weighted by Gasteiger charge is -2.08. The van der Waals surface area contributed by atoms with Crippen molar-refractivity contribution >= 4 is 29.0 Å². The standard InChI is InChI=1S/C11H11NOS2/c1-2-4-12-11(13)10-6-8-7-14-5-3-9(8)15-10/h1,6H,3-5,7H2,(H,12,13). The van der Waals surface area contributed by atoms with Crippen molar-refractivity contribution in [3.05, 3.63) is 21.4 Å². The first-order valence-electron chi connectivity index (χ1n) is 4.72. The van der Waals surface area contributed by atoms with Gasteiger partial charge in [-0.05, 0) is 23.8 Å². The molecule has 0 spiro atoms. The van der Waals surface area contributed by atoms with Crippen molar-refractivity contribution in [3.8, 4) is 12.3 Å². The van der Waals surface area contributed by atoms with Gasteiger partial charge in [0.2, 0.25) is 0 Å². The number of thioether (sulfide) groups is 1. The van der Waals surface area contributed by atoms with Gasteiger partial charge in [0, 0.05) is 10.6 Å². The minimum Gasteiger partial charge on any atom is -0.340 e. The molecule has 4 heteroatoms. The average Bonchev–Trinajstić information content (AvgIpc) is 2.69. The summed E-state index contributed by atoms with van der Waals surface area (Å²) >= 11 is 3.52. The lowest BCUT2D eigenvalue weighted by molar-refractivity contribution is 0.0962. The Morgan fingerprint density at radius 2 is 2.53 bits per heavy atom. The smallest absolute Gasteiger partial charge is 0.262 e. The van der Waals surface area contributed by atoms with Crippen molar-refractivity contribution in [1.29, 1.82) is 0 Å². The maximum atomic E-state index is 11.6. The van der Waals surface area contributed by atoms with Crippen molar-refractivity contribution < 1.29 is 4.79 Å². The molecule has 78 valence electrons. The van der Waals surface area contributed by atoms with Crippen LogP contribution in [0.5, 0.6) is 0 Å². The van der Waals surface area contributed by atoms with Gasteiger partial charge in [0.15, 0.2) is 0 Å². The maximum Gasteiger partial charge on any atom is 0.262 e. The molecule has 2 heterocycles. The van der Waals surface area contributed by atoms with E-state index in [0.29, 0.717) is 6.54 Å². The molecule has 0 aromatic carbocycles. The van der Waals surface area contributed by atoms with Gasteiger partial charge in [-0.15, -0.1) is 17.8 Å². The largest absolute Gasteiger partial charge is 0.340 e. The van der Waals surface area contributed by atoms with Crippen molar-refractivity contribution in [2.45, 2.75) is 12.2 Å². The molecule has 0 aliphatic carbocycles. The highest BCUT2D eigenvalue weighted by molar-refractivity contribution is 7.98. The van der Waals surface area contributed by atoms with Crippen LogP contribution >= 0.6 is 23.1 Å². The fourth-order valence-electron chi connectivity index (χ4n) is 1.48. The van der Waals surface area contributed by atoms with Crippen LogP contribution in [-0.4, -0.2) is 18.2 Å². The molecule has 1 aliphatic heterocycles. The molecule has 0 fully saturated rings. The van der Waals surface area contributed by atoms with Crippen molar-refractivity contribution in [3.63, 3.8) is 0 Å². The topological polar surface area (TPSA) is 29.1 Å². The molecule has 1 N–H and O–H groups in total. The molecule has 1 aliphatic rings. The molecule has 2 nitrogen and oxygen atoms in total. The molecule has 1 aromatic heterocycles. The fourth-order valence-corrected chi connectivity index (χ4v) is 3.77. The summed E-state index contributed by atoms with van der Waals surface area (Å²) in [5.41, 5.74) is 1.32. The minimum atomic E-state index is -0.0441. The molecular weight excluding hydrogens is 226 g/mol. The third-order valence-electron chi connectivity index (χ3n) is 2.20. The van der Waals surface area contributed by atoms with E-state index in [1.54, 1.807) is 11.3 Å². The Kier molecular flexibility index (Phi) is 3.34. The van der Waals surface area contributed by atoms with Gasteiger partial charge in [0.05, 0.1) is 11.4 Å². The van der Waals surface area contributed by atoms with Crippen LogP contribution in [0.1, 0.15) is 20.1 Å². The highest BCUT2D eigenvalue weighted by Crippen LogP contribution is 2.31. The zero-order valence-electron chi connectivity index (χ0n) is 8.21. The van der Waals surface area contributed by atoms with Crippen LogP contribution in [0, 0.1) is 12.3 Å². The third-order valence-corrected chi connectivity index (χ3v) is 4.45. The van der Waals surface area contributed by atoms with Gasteiger partial charge >= 0.3 is 0 Å². The van der Waals surface area contributed by atoms with E-state index in [9.17, 15) is 4.79 Å². The van der Waals surface area contributed by atoms with E-state index in [-0.39, 0.29) is 5.91 Å². The predicted octanol–water partition coefficient (Wildman–Crippen LogP) is 1.90. The highest BCUT2D eigenvalue weighted by Gasteiger charge is 2.16. The van der Waals surface area contributed by atoms with E-state index in [2.05, 4.69) is 11.2 Å². The second-order valence-corrected chi connectivity index (χ2v) is 5.49. The van der Waals surface area contributed by atoms with Crippen LogP contribution in [0.25, 0.3) is 0 Å². The summed E-state index contributed by atoms with van der Waals surface area (Å²) in [4.78, 5) is 13.8. The van der Waals surface area contributed by atoms with Gasteiger partial charge in [-0.25, -0.2) is 0 Å². The molecule has 0 radical (unpaired) electrons. The van der Waals surface area contributed by atoms with Gasteiger partial charge in [0.25, 0.3) is 5.91 Å². The predicted molar refractivity (Wildman–Crippen MR) is 65.4 cm³/mol. The van der Waals surface area contributed by atoms with Crippen LogP contribution in [-0.2, 0) is 12.2 Å². The van der Waals surface area contributed by atoms with Gasteiger partial charge in [-0.1, -0.05) is 5.92 Å². The van der Waals surface area contributed by atoms with E-state index >= 15 is 0 Å². The van der Waals surface area contributed by atoms with E-state index < -0.39 is 0 Å². The number of nitrogens with one attached hydrogen (secondary N) is 1. The Balaban J connectivity index is 2.12. The monoisotopic (exact) mass is 237 g/mol. The van der Waals surface area contributed by atoms with Crippen molar-refractivity contribution in [1.82, 2.24) is 5.32 Å². The van der Waals surface area contributed by atoms with Crippen molar-refractivity contribution in [2.24, 2.45) is 0 Å². The second-order valence-electron chi connectivity index (χ2n) is 3.25. The number of hydrogen-bond donors (Lipinski definition) is 1. The summed E-state index contributed by atoms with van der Waals surface area (Å²) in [5.74, 6) is 4.56. The molecule has 1 aromatic rings. The second kappa shape index (κ2) is 4.73. The Morgan fingerprint density at radius 3 is 3.27 bits per heavy atom. The Morgan fingerprint density at radius 1 is 1.67 bits per heavy atom. The van der Waals surface area contributed by atoms with Crippen LogP contribution < -0.4 is 5.32 Å². The molecule has 0 atom stereocenters. The van der Waals surface area contributed by atoms with E-state index in [1.165, 1.54) is 16.2 Å². The fraction of sp³-hybridized carbons (Fsp3) is 0.364. The van der Waals surface area contributed by atoms with E-state index in [1.807, 2.05) is 17.8 Å². The Bertz CT molecular complexity index is 393. The number of fused-ring (bicyclic) bond motifs is 1. The Labute approximate surface area is 97.5 Å².